The molecule has 2 N–H and O–H groups in total. The molecule has 12 rings (SSSR count). The average molecular weight is 948 g/mol. The first-order valence-electron chi connectivity index (χ1n) is 21.2. The van der Waals surface area contributed by atoms with Crippen LogP contribution < -0.4 is 5.46 Å². The lowest BCUT2D eigenvalue weighted by Gasteiger charge is -2.08. The fourth-order valence-electron chi connectivity index (χ4n) is 7.51. The van der Waals surface area contributed by atoms with Crippen molar-refractivity contribution in [3.63, 3.8) is 0 Å². The maximum atomic E-state index is 9.07. The molecule has 0 bridgehead atoms. The second-order valence-electron chi connectivity index (χ2n) is 15.3. The first-order chi connectivity index (χ1) is 33.2. The Morgan fingerprint density at radius 3 is 1.15 bits per heavy atom. The third-order valence-corrected chi connectivity index (χ3v) is 11.5. The minimum atomic E-state index is -1.46. The van der Waals surface area contributed by atoms with E-state index in [-0.39, 0.29) is 5.28 Å². The van der Waals surface area contributed by atoms with Gasteiger partial charge in [-0.2, -0.15) is 9.97 Å². The van der Waals surface area contributed by atoms with Gasteiger partial charge in [0.2, 0.25) is 5.28 Å². The molecule has 4 heterocycles. The monoisotopic (exact) mass is 946 g/mol. The number of fused-ring (bicyclic) bond motifs is 6. The van der Waals surface area contributed by atoms with Crippen LogP contribution in [0.2, 0.25) is 15.3 Å². The molecule has 8 aromatic carbocycles. The van der Waals surface area contributed by atoms with Crippen LogP contribution in [0.4, 0.5) is 0 Å². The third-order valence-electron chi connectivity index (χ3n) is 10.9. The number of furan rings is 2. The predicted octanol–water partition coefficient (Wildman–Crippen LogP) is 13.2. The number of hydrogen-bond acceptors (Lipinski definition) is 10. The fraction of sp³-hybridized carbons (Fsp3) is 0. The molecule has 0 spiro atoms. The Balaban J connectivity index is 0.000000128. The van der Waals surface area contributed by atoms with Gasteiger partial charge in [0.25, 0.3) is 0 Å². The molecule has 0 aliphatic carbocycles. The number of aromatic nitrogens is 6. The average Bonchev–Trinajstić information content (AvgIpc) is 3.95. The van der Waals surface area contributed by atoms with Crippen molar-refractivity contribution >= 4 is 91.3 Å². The molecule has 328 valence electrons. The Labute approximate surface area is 404 Å². The standard InChI is InChI=1S/C27H16ClN3O.C15H9Cl2N3.C12H9BO3/c28-20-13-10-18(11-14-20)26-29-25(17-6-2-1-3-7-17)30-27(31-26)19-12-15-22-21-8-4-5-9-23(21)32-24(22)16-19;16-12-8-6-11(7-9-12)14-18-13(19-15(17)20-14)10-4-2-1-3-5-10;14-13(15)8-5-6-10-9-3-1-2-4-11(9)16-12(10)7-8/h1-16H;1-9H;1-7,14-15H. The van der Waals surface area contributed by atoms with Gasteiger partial charge in [0, 0.05) is 59.4 Å². The quantitative estimate of drug-likeness (QED) is 0.155. The highest BCUT2D eigenvalue weighted by Crippen LogP contribution is 2.33. The minimum absolute atomic E-state index is 0.170. The van der Waals surface area contributed by atoms with Crippen LogP contribution in [0.15, 0.2) is 203 Å². The summed E-state index contributed by atoms with van der Waals surface area (Å²) in [5.41, 5.74) is 7.99. The van der Waals surface area contributed by atoms with Gasteiger partial charge < -0.3 is 18.9 Å². The minimum Gasteiger partial charge on any atom is -0.456 e. The highest BCUT2D eigenvalue weighted by Gasteiger charge is 2.16. The summed E-state index contributed by atoms with van der Waals surface area (Å²) in [4.78, 5) is 27.1. The molecule has 0 amide bonds. The van der Waals surface area contributed by atoms with Crippen molar-refractivity contribution in [3.05, 3.63) is 209 Å². The van der Waals surface area contributed by atoms with E-state index in [0.717, 1.165) is 66.1 Å². The number of nitrogens with zero attached hydrogens (tertiary/aromatic N) is 6. The van der Waals surface area contributed by atoms with E-state index in [4.69, 9.17) is 68.6 Å². The van der Waals surface area contributed by atoms with Gasteiger partial charge in [0.05, 0.1) is 0 Å². The Hall–Kier alpha value is -7.77. The molecule has 12 aromatic rings. The van der Waals surface area contributed by atoms with Gasteiger partial charge in [-0.05, 0) is 95.9 Å². The van der Waals surface area contributed by atoms with E-state index in [1.807, 2.05) is 158 Å². The number of benzene rings is 8. The van der Waals surface area contributed by atoms with E-state index >= 15 is 0 Å². The van der Waals surface area contributed by atoms with E-state index in [9.17, 15) is 0 Å². The number of halogens is 3. The van der Waals surface area contributed by atoms with Gasteiger partial charge in [0.1, 0.15) is 22.3 Å². The van der Waals surface area contributed by atoms with Crippen molar-refractivity contribution in [1.29, 1.82) is 0 Å². The van der Waals surface area contributed by atoms with Crippen LogP contribution in [0.5, 0.6) is 0 Å². The van der Waals surface area contributed by atoms with E-state index in [1.54, 1.807) is 24.3 Å². The molecule has 0 aliphatic rings. The molecule has 4 aromatic heterocycles. The summed E-state index contributed by atoms with van der Waals surface area (Å²) in [5.74, 6) is 2.88. The molecule has 0 atom stereocenters. The van der Waals surface area contributed by atoms with Crippen LogP contribution >= 0.6 is 34.8 Å². The molecule has 0 fully saturated rings. The SMILES string of the molecule is Clc1ccc(-c2nc(-c3ccccc3)nc(-c3ccc4c(c3)oc3ccccc34)n2)cc1.Clc1ccc(-c2nc(Cl)nc(-c3ccccc3)n2)cc1.OB(O)c1ccc2c(c1)oc1ccccc12. The highest BCUT2D eigenvalue weighted by molar-refractivity contribution is 6.59. The molecule has 10 nitrogen and oxygen atoms in total. The normalized spacial score (nSPS) is 11.0. The first-order valence-corrected chi connectivity index (χ1v) is 22.4. The predicted molar refractivity (Wildman–Crippen MR) is 273 cm³/mol. The third kappa shape index (κ3) is 9.70. The van der Waals surface area contributed by atoms with Crippen LogP contribution in [0.1, 0.15) is 0 Å². The van der Waals surface area contributed by atoms with Crippen LogP contribution in [-0.2, 0) is 0 Å². The molecule has 0 saturated heterocycles. The summed E-state index contributed by atoms with van der Waals surface area (Å²) in [6.45, 7) is 0. The summed E-state index contributed by atoms with van der Waals surface area (Å²) in [6.07, 6.45) is 0. The zero-order chi connectivity index (χ0) is 46.6. The van der Waals surface area contributed by atoms with E-state index in [2.05, 4.69) is 27.1 Å². The highest BCUT2D eigenvalue weighted by atomic mass is 35.5. The lowest BCUT2D eigenvalue weighted by Crippen LogP contribution is -2.29. The van der Waals surface area contributed by atoms with Gasteiger partial charge in [-0.1, -0.05) is 138 Å². The summed E-state index contributed by atoms with van der Waals surface area (Å²) in [5, 5.41) is 23.8. The topological polar surface area (TPSA) is 144 Å². The van der Waals surface area contributed by atoms with Crippen LogP contribution in [0.3, 0.4) is 0 Å². The summed E-state index contributed by atoms with van der Waals surface area (Å²) >= 11 is 17.9. The Morgan fingerprint density at radius 1 is 0.324 bits per heavy atom. The maximum Gasteiger partial charge on any atom is 0.488 e. The first kappa shape index (κ1) is 44.1. The lowest BCUT2D eigenvalue weighted by molar-refractivity contribution is 0.425. The van der Waals surface area contributed by atoms with Gasteiger partial charge in [-0.25, -0.2) is 19.9 Å². The largest absolute Gasteiger partial charge is 0.488 e. The molecule has 0 radical (unpaired) electrons. The Bertz CT molecular complexity index is 3710. The van der Waals surface area contributed by atoms with Crippen molar-refractivity contribution in [3.8, 4) is 56.9 Å². The molecular formula is C54H34BCl3N6O4. The van der Waals surface area contributed by atoms with Crippen molar-refractivity contribution in [2.75, 3.05) is 0 Å². The molecule has 68 heavy (non-hydrogen) atoms. The summed E-state index contributed by atoms with van der Waals surface area (Å²) in [7, 11) is -1.46. The molecule has 0 unspecified atom stereocenters. The van der Waals surface area contributed by atoms with E-state index in [0.29, 0.717) is 50.2 Å². The van der Waals surface area contributed by atoms with Crippen molar-refractivity contribution in [2.24, 2.45) is 0 Å². The van der Waals surface area contributed by atoms with Crippen molar-refractivity contribution in [2.45, 2.75) is 0 Å². The molecule has 14 heteroatoms. The second-order valence-corrected chi connectivity index (χ2v) is 16.6. The van der Waals surface area contributed by atoms with Gasteiger partial charge in [-0.3, -0.25) is 0 Å². The summed E-state index contributed by atoms with van der Waals surface area (Å²) < 4.78 is 11.7. The van der Waals surface area contributed by atoms with Gasteiger partial charge in [0.15, 0.2) is 29.1 Å². The zero-order valence-corrected chi connectivity index (χ0v) is 37.8. The van der Waals surface area contributed by atoms with Gasteiger partial charge >= 0.3 is 7.12 Å². The number of para-hydroxylation sites is 2. The Morgan fingerprint density at radius 2 is 0.676 bits per heavy atom. The Kier molecular flexibility index (Phi) is 12.7. The van der Waals surface area contributed by atoms with E-state index in [1.165, 1.54) is 0 Å². The van der Waals surface area contributed by atoms with Crippen molar-refractivity contribution < 1.29 is 18.9 Å². The van der Waals surface area contributed by atoms with Crippen molar-refractivity contribution in [1.82, 2.24) is 29.9 Å². The summed E-state index contributed by atoms with van der Waals surface area (Å²) in [6, 6.07) is 61.4. The van der Waals surface area contributed by atoms with Crippen LogP contribution in [-0.4, -0.2) is 47.1 Å². The molecule has 0 saturated carbocycles. The zero-order valence-electron chi connectivity index (χ0n) is 35.6. The van der Waals surface area contributed by atoms with E-state index < -0.39 is 7.12 Å². The van der Waals surface area contributed by atoms with Crippen LogP contribution in [0, 0.1) is 0 Å². The van der Waals surface area contributed by atoms with Crippen LogP contribution in [0.25, 0.3) is 101 Å². The molecule has 0 aliphatic heterocycles. The fourth-order valence-corrected chi connectivity index (χ4v) is 7.92. The smallest absolute Gasteiger partial charge is 0.456 e. The maximum absolute atomic E-state index is 9.07. The lowest BCUT2D eigenvalue weighted by atomic mass is 9.80. The molecular weight excluding hydrogens is 914 g/mol. The second kappa shape index (κ2) is 19.6. The van der Waals surface area contributed by atoms with Gasteiger partial charge in [-0.15, -0.1) is 0 Å². The number of rotatable bonds is 6. The number of hydrogen-bond donors (Lipinski definition) is 2.